The van der Waals surface area contributed by atoms with E-state index in [1.165, 1.54) is 4.88 Å². The maximum Gasteiger partial charge on any atom is 0.0931 e. The van der Waals surface area contributed by atoms with Crippen LogP contribution in [-0.4, -0.2) is 18.2 Å². The van der Waals surface area contributed by atoms with Crippen LogP contribution in [0, 0.1) is 0 Å². The average Bonchev–Trinajstić information content (AvgIpc) is 2.81. The van der Waals surface area contributed by atoms with Gasteiger partial charge in [0.05, 0.1) is 16.0 Å². The highest BCUT2D eigenvalue weighted by atomic mass is 35.5. The van der Waals surface area contributed by atoms with Crippen molar-refractivity contribution in [1.29, 1.82) is 0 Å². The van der Waals surface area contributed by atoms with Crippen LogP contribution in [0.15, 0.2) is 12.1 Å². The molecule has 2 rings (SSSR count). The van der Waals surface area contributed by atoms with E-state index in [0.29, 0.717) is 12.1 Å². The molecule has 4 heteroatoms. The Morgan fingerprint density at radius 3 is 2.88 bits per heavy atom. The second kappa shape index (κ2) is 5.27. The van der Waals surface area contributed by atoms with Crippen LogP contribution < -0.4 is 5.32 Å². The van der Waals surface area contributed by atoms with Crippen LogP contribution in [0.4, 0.5) is 0 Å². The van der Waals surface area contributed by atoms with Crippen molar-refractivity contribution in [2.45, 2.75) is 51.4 Å². The van der Waals surface area contributed by atoms with Gasteiger partial charge < -0.3 is 10.1 Å². The predicted molar refractivity (Wildman–Crippen MR) is 73.9 cm³/mol. The van der Waals surface area contributed by atoms with Crippen molar-refractivity contribution in [1.82, 2.24) is 5.32 Å². The minimum atomic E-state index is 0.0574. The Bertz CT molecular complexity index is 377. The van der Waals surface area contributed by atoms with Crippen LogP contribution in [0.25, 0.3) is 0 Å². The number of nitrogens with one attached hydrogen (secondary N) is 1. The van der Waals surface area contributed by atoms with E-state index in [0.717, 1.165) is 23.7 Å². The molecule has 0 radical (unpaired) electrons. The van der Waals surface area contributed by atoms with Gasteiger partial charge in [0, 0.05) is 17.5 Å². The second-order valence-corrected chi connectivity index (χ2v) is 7.06. The molecule has 2 unspecified atom stereocenters. The smallest absolute Gasteiger partial charge is 0.0931 e. The third-order valence-electron chi connectivity index (χ3n) is 3.23. The van der Waals surface area contributed by atoms with Crippen LogP contribution >= 0.6 is 22.9 Å². The van der Waals surface area contributed by atoms with Crippen molar-refractivity contribution in [3.05, 3.63) is 21.3 Å². The zero-order chi connectivity index (χ0) is 12.5. The summed E-state index contributed by atoms with van der Waals surface area (Å²) in [4.78, 5) is 1.28. The lowest BCUT2D eigenvalue weighted by Gasteiger charge is -2.21. The first-order valence-electron chi connectivity index (χ1n) is 6.13. The molecule has 0 bridgehead atoms. The second-order valence-electron chi connectivity index (χ2n) is 5.31. The molecular formula is C13H20ClNOS. The number of hydrogen-bond acceptors (Lipinski definition) is 3. The molecular weight excluding hydrogens is 254 g/mol. The summed E-state index contributed by atoms with van der Waals surface area (Å²) in [6.07, 6.45) is 2.65. The van der Waals surface area contributed by atoms with E-state index < -0.39 is 0 Å². The largest absolute Gasteiger partial charge is 0.371 e. The van der Waals surface area contributed by atoms with E-state index >= 15 is 0 Å². The lowest BCUT2D eigenvalue weighted by atomic mass is 10.1. The molecule has 1 saturated heterocycles. The van der Waals surface area contributed by atoms with E-state index in [9.17, 15) is 0 Å². The highest BCUT2D eigenvalue weighted by molar-refractivity contribution is 7.16. The fourth-order valence-corrected chi connectivity index (χ4v) is 3.28. The maximum atomic E-state index is 5.96. The van der Waals surface area contributed by atoms with Crippen LogP contribution in [-0.2, 0) is 4.74 Å². The summed E-state index contributed by atoms with van der Waals surface area (Å²) in [6, 6.07) is 4.39. The Labute approximate surface area is 112 Å². The molecule has 1 aromatic heterocycles. The van der Waals surface area contributed by atoms with Crippen molar-refractivity contribution >= 4 is 22.9 Å². The van der Waals surface area contributed by atoms with Gasteiger partial charge in [0.2, 0.25) is 0 Å². The van der Waals surface area contributed by atoms with Gasteiger partial charge in [-0.1, -0.05) is 11.6 Å². The van der Waals surface area contributed by atoms with E-state index in [1.807, 2.05) is 6.07 Å². The first-order chi connectivity index (χ1) is 7.96. The molecule has 0 aromatic carbocycles. The van der Waals surface area contributed by atoms with Crippen LogP contribution in [0.3, 0.4) is 0 Å². The average molecular weight is 274 g/mol. The molecule has 1 fully saturated rings. The lowest BCUT2D eigenvalue weighted by Crippen LogP contribution is -2.30. The van der Waals surface area contributed by atoms with Gasteiger partial charge in [-0.3, -0.25) is 0 Å². The molecule has 1 aliphatic heterocycles. The molecule has 0 aliphatic carbocycles. The van der Waals surface area contributed by atoms with E-state index in [4.69, 9.17) is 16.3 Å². The van der Waals surface area contributed by atoms with Gasteiger partial charge in [-0.05, 0) is 45.7 Å². The van der Waals surface area contributed by atoms with Crippen LogP contribution in [0.5, 0.6) is 0 Å². The molecule has 1 aromatic rings. The molecule has 0 spiro atoms. The fraction of sp³-hybridized carbons (Fsp3) is 0.692. The number of thiophene rings is 1. The van der Waals surface area contributed by atoms with Crippen LogP contribution in [0.2, 0.25) is 4.34 Å². The van der Waals surface area contributed by atoms with E-state index in [-0.39, 0.29) is 5.60 Å². The molecule has 96 valence electrons. The topological polar surface area (TPSA) is 21.3 Å². The maximum absolute atomic E-state index is 5.96. The molecule has 17 heavy (non-hydrogen) atoms. The summed E-state index contributed by atoms with van der Waals surface area (Å²) in [5.74, 6) is 0. The van der Waals surface area contributed by atoms with Crippen molar-refractivity contribution < 1.29 is 4.74 Å². The normalized spacial score (nSPS) is 25.1. The molecule has 2 nitrogen and oxygen atoms in total. The Kier molecular flexibility index (Phi) is 4.14. The van der Waals surface area contributed by atoms with Gasteiger partial charge in [0.15, 0.2) is 0 Å². The Balaban J connectivity index is 1.79. The number of ether oxygens (including phenoxy) is 1. The third-order valence-corrected chi connectivity index (χ3v) is 4.64. The van der Waals surface area contributed by atoms with Gasteiger partial charge in [-0.25, -0.2) is 0 Å². The van der Waals surface area contributed by atoms with Crippen LogP contribution in [0.1, 0.15) is 44.5 Å². The Hall–Kier alpha value is -0.0900. The van der Waals surface area contributed by atoms with Gasteiger partial charge in [-0.2, -0.15) is 0 Å². The molecule has 1 aliphatic rings. The zero-order valence-corrected chi connectivity index (χ0v) is 12.2. The molecule has 1 N–H and O–H groups in total. The highest BCUT2D eigenvalue weighted by Gasteiger charge is 2.31. The summed E-state index contributed by atoms with van der Waals surface area (Å²) in [7, 11) is 0. The zero-order valence-electron chi connectivity index (χ0n) is 10.6. The van der Waals surface area contributed by atoms with Crippen molar-refractivity contribution in [3.63, 3.8) is 0 Å². The quantitative estimate of drug-likeness (QED) is 0.895. The Morgan fingerprint density at radius 1 is 1.59 bits per heavy atom. The SMILES string of the molecule is CC(NCC1CCC(C)(C)O1)c1ccc(Cl)s1. The number of hydrogen-bond donors (Lipinski definition) is 1. The minimum Gasteiger partial charge on any atom is -0.371 e. The predicted octanol–water partition coefficient (Wildman–Crippen LogP) is 4.01. The van der Waals surface area contributed by atoms with Gasteiger partial charge >= 0.3 is 0 Å². The van der Waals surface area contributed by atoms with Crippen molar-refractivity contribution in [2.24, 2.45) is 0 Å². The number of halogens is 1. The van der Waals surface area contributed by atoms with Gasteiger partial charge in [0.1, 0.15) is 0 Å². The fourth-order valence-electron chi connectivity index (χ4n) is 2.19. The lowest BCUT2D eigenvalue weighted by molar-refractivity contribution is -0.0149. The molecule has 0 saturated carbocycles. The number of rotatable bonds is 4. The summed E-state index contributed by atoms with van der Waals surface area (Å²) in [6.45, 7) is 7.41. The van der Waals surface area contributed by atoms with E-state index in [2.05, 4.69) is 32.2 Å². The Morgan fingerprint density at radius 2 is 2.35 bits per heavy atom. The minimum absolute atomic E-state index is 0.0574. The summed E-state index contributed by atoms with van der Waals surface area (Å²) in [5, 5.41) is 3.52. The molecule has 2 atom stereocenters. The highest BCUT2D eigenvalue weighted by Crippen LogP contribution is 2.30. The third kappa shape index (κ3) is 3.68. The van der Waals surface area contributed by atoms with Crippen molar-refractivity contribution in [3.8, 4) is 0 Å². The molecule has 2 heterocycles. The molecule has 0 amide bonds. The standard InChI is InChI=1S/C13H20ClNOS/c1-9(11-4-5-12(14)17-11)15-8-10-6-7-13(2,3)16-10/h4-5,9-10,15H,6-8H2,1-3H3. The summed E-state index contributed by atoms with van der Waals surface area (Å²) < 4.78 is 6.81. The summed E-state index contributed by atoms with van der Waals surface area (Å²) in [5.41, 5.74) is 0.0574. The van der Waals surface area contributed by atoms with Gasteiger partial charge in [0.25, 0.3) is 0 Å². The monoisotopic (exact) mass is 273 g/mol. The first kappa shape index (κ1) is 13.3. The first-order valence-corrected chi connectivity index (χ1v) is 7.32. The van der Waals surface area contributed by atoms with Crippen molar-refractivity contribution in [2.75, 3.05) is 6.54 Å². The summed E-state index contributed by atoms with van der Waals surface area (Å²) >= 11 is 7.58. The van der Waals surface area contributed by atoms with Gasteiger partial charge in [-0.15, -0.1) is 11.3 Å². The van der Waals surface area contributed by atoms with E-state index in [1.54, 1.807) is 11.3 Å².